The van der Waals surface area contributed by atoms with Crippen molar-refractivity contribution >= 4 is 11.8 Å². The van der Waals surface area contributed by atoms with Crippen molar-refractivity contribution in [3.63, 3.8) is 0 Å². The van der Waals surface area contributed by atoms with E-state index in [1.165, 1.54) is 25.7 Å². The minimum atomic E-state index is -0.137. The summed E-state index contributed by atoms with van der Waals surface area (Å²) in [4.78, 5) is 22.9. The highest BCUT2D eigenvalue weighted by Crippen LogP contribution is 2.48. The van der Waals surface area contributed by atoms with E-state index in [0.29, 0.717) is 18.9 Å². The first-order valence-electron chi connectivity index (χ1n) is 6.78. The number of rotatable bonds is 5. The fourth-order valence-corrected chi connectivity index (χ4v) is 2.92. The van der Waals surface area contributed by atoms with Crippen molar-refractivity contribution in [2.24, 2.45) is 23.7 Å². The molecule has 94 valence electrons. The van der Waals surface area contributed by atoms with Gasteiger partial charge in [0.25, 0.3) is 0 Å². The van der Waals surface area contributed by atoms with E-state index < -0.39 is 0 Å². The first-order chi connectivity index (χ1) is 8.24. The Balaban J connectivity index is 1.46. The molecule has 0 bridgehead atoms. The van der Waals surface area contributed by atoms with Crippen LogP contribution in [-0.4, -0.2) is 24.9 Å². The number of amides is 2. The molecule has 2 N–H and O–H groups in total. The molecule has 17 heavy (non-hydrogen) atoms. The maximum absolute atomic E-state index is 11.9. The van der Waals surface area contributed by atoms with E-state index in [4.69, 9.17) is 0 Å². The Labute approximate surface area is 102 Å². The highest BCUT2D eigenvalue weighted by molar-refractivity contribution is 5.89. The summed E-state index contributed by atoms with van der Waals surface area (Å²) in [6.07, 6.45) is 5.76. The molecule has 2 aliphatic carbocycles. The zero-order valence-electron chi connectivity index (χ0n) is 10.1. The van der Waals surface area contributed by atoms with Gasteiger partial charge in [-0.3, -0.25) is 9.59 Å². The van der Waals surface area contributed by atoms with E-state index >= 15 is 0 Å². The van der Waals surface area contributed by atoms with Crippen LogP contribution in [0.1, 0.15) is 32.1 Å². The smallest absolute Gasteiger partial charge is 0.225 e. The largest absolute Gasteiger partial charge is 0.355 e. The molecule has 4 heteroatoms. The summed E-state index contributed by atoms with van der Waals surface area (Å²) < 4.78 is 0. The van der Waals surface area contributed by atoms with Gasteiger partial charge in [0.15, 0.2) is 0 Å². The van der Waals surface area contributed by atoms with Gasteiger partial charge < -0.3 is 10.6 Å². The van der Waals surface area contributed by atoms with Gasteiger partial charge in [0, 0.05) is 19.5 Å². The Morgan fingerprint density at radius 1 is 1.29 bits per heavy atom. The van der Waals surface area contributed by atoms with Crippen molar-refractivity contribution < 1.29 is 9.59 Å². The summed E-state index contributed by atoms with van der Waals surface area (Å²) in [5.41, 5.74) is 0. The first-order valence-corrected chi connectivity index (χ1v) is 6.78. The average Bonchev–Trinajstić information content (AvgIpc) is 3.20. The lowest BCUT2D eigenvalue weighted by Crippen LogP contribution is -2.36. The van der Waals surface area contributed by atoms with Gasteiger partial charge in [-0.25, -0.2) is 0 Å². The van der Waals surface area contributed by atoms with Crippen molar-refractivity contribution in [3.8, 4) is 0 Å². The van der Waals surface area contributed by atoms with Crippen LogP contribution in [0.3, 0.4) is 0 Å². The summed E-state index contributed by atoms with van der Waals surface area (Å²) >= 11 is 0. The van der Waals surface area contributed by atoms with Gasteiger partial charge in [0.05, 0.1) is 5.92 Å². The third kappa shape index (κ3) is 2.61. The lowest BCUT2D eigenvalue weighted by Gasteiger charge is -2.17. The molecule has 0 aromatic heterocycles. The molecule has 2 saturated carbocycles. The van der Waals surface area contributed by atoms with E-state index in [1.54, 1.807) is 0 Å². The molecule has 1 unspecified atom stereocenters. The van der Waals surface area contributed by atoms with Crippen molar-refractivity contribution in [1.82, 2.24) is 10.6 Å². The molecule has 3 aliphatic rings. The van der Waals surface area contributed by atoms with Gasteiger partial charge >= 0.3 is 0 Å². The van der Waals surface area contributed by atoms with Crippen LogP contribution >= 0.6 is 0 Å². The minimum absolute atomic E-state index is 0.00564. The summed E-state index contributed by atoms with van der Waals surface area (Å²) in [5, 5.41) is 5.77. The fraction of sp³-hybridized carbons (Fsp3) is 0.846. The van der Waals surface area contributed by atoms with Crippen LogP contribution < -0.4 is 10.6 Å². The van der Waals surface area contributed by atoms with Crippen molar-refractivity contribution in [3.05, 3.63) is 0 Å². The highest BCUT2D eigenvalue weighted by atomic mass is 16.2. The molecule has 4 nitrogen and oxygen atoms in total. The summed E-state index contributed by atoms with van der Waals surface area (Å²) in [6.45, 7) is 1.35. The predicted molar refractivity (Wildman–Crippen MR) is 63.1 cm³/mol. The highest BCUT2D eigenvalue weighted by Gasteiger charge is 2.41. The summed E-state index contributed by atoms with van der Waals surface area (Å²) in [7, 11) is 0. The Hall–Kier alpha value is -1.06. The van der Waals surface area contributed by atoms with Gasteiger partial charge in [0.1, 0.15) is 0 Å². The van der Waals surface area contributed by atoms with E-state index in [2.05, 4.69) is 10.6 Å². The van der Waals surface area contributed by atoms with Crippen molar-refractivity contribution in [2.75, 3.05) is 13.1 Å². The Morgan fingerprint density at radius 2 is 1.94 bits per heavy atom. The molecule has 0 radical (unpaired) electrons. The molecule has 3 fully saturated rings. The molecule has 0 spiro atoms. The fourth-order valence-electron chi connectivity index (χ4n) is 2.92. The molecule has 1 heterocycles. The Bertz CT molecular complexity index is 322. The Kier molecular flexibility index (Phi) is 2.81. The van der Waals surface area contributed by atoms with Crippen LogP contribution in [-0.2, 0) is 9.59 Å². The van der Waals surface area contributed by atoms with Crippen LogP contribution in [0.15, 0.2) is 0 Å². The van der Waals surface area contributed by atoms with E-state index in [0.717, 1.165) is 18.4 Å². The molecule has 1 saturated heterocycles. The monoisotopic (exact) mass is 236 g/mol. The van der Waals surface area contributed by atoms with Gasteiger partial charge in [-0.05, 0) is 43.4 Å². The molecular weight excluding hydrogens is 216 g/mol. The predicted octanol–water partition coefficient (Wildman–Crippen LogP) is 0.675. The Morgan fingerprint density at radius 3 is 2.41 bits per heavy atom. The average molecular weight is 236 g/mol. The van der Waals surface area contributed by atoms with Crippen LogP contribution in [0.5, 0.6) is 0 Å². The number of nitrogens with one attached hydrogen (secondary N) is 2. The lowest BCUT2D eigenvalue weighted by atomic mass is 9.97. The molecular formula is C13H20N2O2. The van der Waals surface area contributed by atoms with E-state index in [-0.39, 0.29) is 17.7 Å². The zero-order valence-corrected chi connectivity index (χ0v) is 10.1. The normalized spacial score (nSPS) is 28.3. The van der Waals surface area contributed by atoms with Crippen molar-refractivity contribution in [2.45, 2.75) is 32.1 Å². The van der Waals surface area contributed by atoms with Crippen LogP contribution in [0.4, 0.5) is 0 Å². The van der Waals surface area contributed by atoms with Gasteiger partial charge in [0.2, 0.25) is 11.8 Å². The second-order valence-electron chi connectivity index (χ2n) is 5.79. The SMILES string of the molecule is O=C1CC(C(=O)NCC(C2CC2)C2CC2)CN1. The second-order valence-corrected chi connectivity index (χ2v) is 5.79. The molecule has 1 atom stereocenters. The second kappa shape index (κ2) is 4.31. The quantitative estimate of drug-likeness (QED) is 0.737. The first kappa shape index (κ1) is 11.1. The number of carbonyl (C=O) groups excluding carboxylic acids is 2. The maximum Gasteiger partial charge on any atom is 0.225 e. The third-order valence-electron chi connectivity index (χ3n) is 4.32. The number of hydrogen-bond acceptors (Lipinski definition) is 2. The molecule has 0 aromatic rings. The standard InChI is InChI=1S/C13H20N2O2/c16-12-5-10(6-14-12)13(17)15-7-11(8-1-2-8)9-3-4-9/h8-11H,1-7H2,(H,14,16)(H,15,17). The number of carbonyl (C=O) groups is 2. The molecule has 2 amide bonds. The van der Waals surface area contributed by atoms with Crippen LogP contribution in [0, 0.1) is 23.7 Å². The summed E-state index contributed by atoms with van der Waals surface area (Å²) in [6, 6.07) is 0. The number of hydrogen-bond donors (Lipinski definition) is 2. The van der Waals surface area contributed by atoms with Gasteiger partial charge in [-0.1, -0.05) is 0 Å². The minimum Gasteiger partial charge on any atom is -0.355 e. The van der Waals surface area contributed by atoms with Crippen molar-refractivity contribution in [1.29, 1.82) is 0 Å². The van der Waals surface area contributed by atoms with Gasteiger partial charge in [-0.15, -0.1) is 0 Å². The molecule has 3 rings (SSSR count). The van der Waals surface area contributed by atoms with Gasteiger partial charge in [-0.2, -0.15) is 0 Å². The topological polar surface area (TPSA) is 58.2 Å². The summed E-state index contributed by atoms with van der Waals surface area (Å²) in [5.74, 6) is 2.38. The zero-order chi connectivity index (χ0) is 11.8. The van der Waals surface area contributed by atoms with E-state index in [1.807, 2.05) is 0 Å². The van der Waals surface area contributed by atoms with Crippen LogP contribution in [0.2, 0.25) is 0 Å². The molecule has 0 aromatic carbocycles. The maximum atomic E-state index is 11.9. The van der Waals surface area contributed by atoms with Crippen LogP contribution in [0.25, 0.3) is 0 Å². The van der Waals surface area contributed by atoms with E-state index in [9.17, 15) is 9.59 Å². The molecule has 1 aliphatic heterocycles. The lowest BCUT2D eigenvalue weighted by molar-refractivity contribution is -0.126. The third-order valence-corrected chi connectivity index (χ3v) is 4.32.